The van der Waals surface area contributed by atoms with Crippen molar-refractivity contribution in [2.45, 2.75) is 38.7 Å². The zero-order valence-electron chi connectivity index (χ0n) is 10.5. The van der Waals surface area contributed by atoms with E-state index in [4.69, 9.17) is 4.74 Å². The molecule has 1 rings (SSSR count). The van der Waals surface area contributed by atoms with E-state index in [1.165, 1.54) is 38.8 Å². The maximum atomic E-state index is 5.28. The average Bonchev–Trinajstić information content (AvgIpc) is 2.94. The molecule has 0 spiro atoms. The number of epoxide rings is 1. The first-order valence-corrected chi connectivity index (χ1v) is 6.19. The third kappa shape index (κ3) is 6.69. The number of allylic oxidation sites excluding steroid dienone is 2. The van der Waals surface area contributed by atoms with Crippen molar-refractivity contribution < 1.29 is 9.22 Å². The number of hydrogen-bond donors (Lipinski definition) is 0. The van der Waals surface area contributed by atoms with Gasteiger partial charge in [-0.2, -0.15) is 0 Å². The van der Waals surface area contributed by atoms with Crippen LogP contribution in [0.3, 0.4) is 0 Å². The van der Waals surface area contributed by atoms with Crippen molar-refractivity contribution in [3.05, 3.63) is 12.2 Å². The van der Waals surface area contributed by atoms with Gasteiger partial charge in [-0.15, -0.1) is 0 Å². The van der Waals surface area contributed by atoms with Gasteiger partial charge in [0.1, 0.15) is 12.6 Å². The lowest BCUT2D eigenvalue weighted by atomic mass is 10.1. The normalized spacial score (nSPS) is 21.1. The molecule has 1 fully saturated rings. The third-order valence-corrected chi connectivity index (χ3v) is 2.97. The first-order chi connectivity index (χ1) is 7.14. The highest BCUT2D eigenvalue weighted by Gasteiger charge is 2.30. The quantitative estimate of drug-likeness (QED) is 0.261. The third-order valence-electron chi connectivity index (χ3n) is 2.97. The Morgan fingerprint density at radius 1 is 1.27 bits per heavy atom. The zero-order chi connectivity index (χ0) is 11.1. The number of likely N-dealkylation sites (N-methyl/N-ethyl adjacent to an activating group) is 1. The SMILES string of the molecule is C/C=C/CCCCC[N+](C)(C)CC1CO1. The molecule has 0 bridgehead atoms. The van der Waals surface area contributed by atoms with Crippen LogP contribution in [0.1, 0.15) is 32.6 Å². The molecule has 15 heavy (non-hydrogen) atoms. The van der Waals surface area contributed by atoms with Crippen LogP contribution < -0.4 is 0 Å². The molecule has 0 aromatic heterocycles. The van der Waals surface area contributed by atoms with Crippen molar-refractivity contribution >= 4 is 0 Å². The van der Waals surface area contributed by atoms with Crippen LogP contribution in [0.5, 0.6) is 0 Å². The predicted molar refractivity (Wildman–Crippen MR) is 64.9 cm³/mol. The summed E-state index contributed by atoms with van der Waals surface area (Å²) in [6.45, 7) is 5.56. The molecule has 88 valence electrons. The van der Waals surface area contributed by atoms with Crippen molar-refractivity contribution in [3.8, 4) is 0 Å². The fourth-order valence-corrected chi connectivity index (χ4v) is 1.96. The molecule has 2 heteroatoms. The van der Waals surface area contributed by atoms with Gasteiger partial charge in [-0.25, -0.2) is 0 Å². The van der Waals surface area contributed by atoms with Crippen molar-refractivity contribution in [2.75, 3.05) is 33.8 Å². The van der Waals surface area contributed by atoms with E-state index in [0.717, 1.165) is 11.1 Å². The van der Waals surface area contributed by atoms with Crippen molar-refractivity contribution in [2.24, 2.45) is 0 Å². The number of rotatable bonds is 8. The van der Waals surface area contributed by atoms with Crippen molar-refractivity contribution in [3.63, 3.8) is 0 Å². The molecular weight excluding hydrogens is 186 g/mol. The van der Waals surface area contributed by atoms with Crippen LogP contribution >= 0.6 is 0 Å². The lowest BCUT2D eigenvalue weighted by Crippen LogP contribution is -2.43. The van der Waals surface area contributed by atoms with E-state index in [-0.39, 0.29) is 0 Å². The molecule has 0 saturated carbocycles. The summed E-state index contributed by atoms with van der Waals surface area (Å²) in [5, 5.41) is 0. The minimum atomic E-state index is 0.558. The topological polar surface area (TPSA) is 12.5 Å². The Bertz CT molecular complexity index is 195. The Labute approximate surface area is 94.5 Å². The Hall–Kier alpha value is -0.340. The molecule has 0 aromatic carbocycles. The second-order valence-corrected chi connectivity index (χ2v) is 5.22. The van der Waals surface area contributed by atoms with Gasteiger partial charge >= 0.3 is 0 Å². The Balaban J connectivity index is 1.97. The summed E-state index contributed by atoms with van der Waals surface area (Å²) >= 11 is 0. The van der Waals surface area contributed by atoms with E-state index < -0.39 is 0 Å². The van der Waals surface area contributed by atoms with Crippen LogP contribution in [0.2, 0.25) is 0 Å². The predicted octanol–water partition coefficient (Wildman–Crippen LogP) is 2.60. The molecule has 0 radical (unpaired) electrons. The molecule has 1 saturated heterocycles. The number of nitrogens with zero attached hydrogens (tertiary/aromatic N) is 1. The van der Waals surface area contributed by atoms with E-state index in [9.17, 15) is 0 Å². The summed E-state index contributed by atoms with van der Waals surface area (Å²) in [7, 11) is 4.63. The van der Waals surface area contributed by atoms with E-state index in [2.05, 4.69) is 33.2 Å². The second-order valence-electron chi connectivity index (χ2n) is 5.22. The van der Waals surface area contributed by atoms with Crippen molar-refractivity contribution in [1.29, 1.82) is 0 Å². The second kappa shape index (κ2) is 6.29. The first-order valence-electron chi connectivity index (χ1n) is 6.19. The van der Waals surface area contributed by atoms with Gasteiger partial charge in [0, 0.05) is 0 Å². The molecule has 0 amide bonds. The Morgan fingerprint density at radius 3 is 2.60 bits per heavy atom. The molecule has 1 unspecified atom stereocenters. The van der Waals surface area contributed by atoms with Crippen LogP contribution in [0, 0.1) is 0 Å². The fourth-order valence-electron chi connectivity index (χ4n) is 1.96. The van der Waals surface area contributed by atoms with Gasteiger partial charge < -0.3 is 9.22 Å². The van der Waals surface area contributed by atoms with E-state index in [1.54, 1.807) is 0 Å². The van der Waals surface area contributed by atoms with Crippen LogP contribution in [0.15, 0.2) is 12.2 Å². The molecule has 0 aromatic rings. The van der Waals surface area contributed by atoms with Gasteiger partial charge in [-0.3, -0.25) is 0 Å². The molecular formula is C13H26NO+. The average molecular weight is 212 g/mol. The van der Waals surface area contributed by atoms with E-state index in [1.807, 2.05) is 0 Å². The van der Waals surface area contributed by atoms with Gasteiger partial charge in [0.15, 0.2) is 0 Å². The van der Waals surface area contributed by atoms with Gasteiger partial charge in [-0.05, 0) is 32.6 Å². The summed E-state index contributed by atoms with van der Waals surface area (Å²) in [6, 6.07) is 0. The number of quaternary nitrogens is 1. The van der Waals surface area contributed by atoms with Gasteiger partial charge in [0.05, 0.1) is 27.2 Å². The molecule has 1 aliphatic rings. The lowest BCUT2D eigenvalue weighted by molar-refractivity contribution is -0.891. The summed E-state index contributed by atoms with van der Waals surface area (Å²) in [6.07, 6.45) is 10.3. The minimum absolute atomic E-state index is 0.558. The van der Waals surface area contributed by atoms with Gasteiger partial charge in [0.2, 0.25) is 0 Å². The van der Waals surface area contributed by atoms with E-state index in [0.29, 0.717) is 6.10 Å². The molecule has 1 aliphatic heterocycles. The lowest BCUT2D eigenvalue weighted by Gasteiger charge is -2.29. The molecule has 0 aliphatic carbocycles. The summed E-state index contributed by atoms with van der Waals surface area (Å²) in [5.41, 5.74) is 0. The zero-order valence-corrected chi connectivity index (χ0v) is 10.5. The highest BCUT2D eigenvalue weighted by Crippen LogP contribution is 2.15. The van der Waals surface area contributed by atoms with Gasteiger partial charge in [-0.1, -0.05) is 12.2 Å². The number of ether oxygens (including phenoxy) is 1. The maximum Gasteiger partial charge on any atom is 0.130 e. The minimum Gasteiger partial charge on any atom is -0.367 e. The highest BCUT2D eigenvalue weighted by atomic mass is 16.6. The van der Waals surface area contributed by atoms with Crippen molar-refractivity contribution in [1.82, 2.24) is 0 Å². The number of hydrogen-bond acceptors (Lipinski definition) is 1. The van der Waals surface area contributed by atoms with E-state index >= 15 is 0 Å². The standard InChI is InChI=1S/C13H26NO/c1-4-5-6-7-8-9-10-14(2,3)11-13-12-15-13/h4-5,13H,6-12H2,1-3H3/q+1/b5-4+. The van der Waals surface area contributed by atoms with Gasteiger partial charge in [0.25, 0.3) is 0 Å². The largest absolute Gasteiger partial charge is 0.367 e. The van der Waals surface area contributed by atoms with Crippen LogP contribution in [0.25, 0.3) is 0 Å². The fraction of sp³-hybridized carbons (Fsp3) is 0.846. The molecule has 1 heterocycles. The Kier molecular flexibility index (Phi) is 5.34. The Morgan fingerprint density at radius 2 is 2.00 bits per heavy atom. The smallest absolute Gasteiger partial charge is 0.130 e. The monoisotopic (exact) mass is 212 g/mol. The summed E-state index contributed by atoms with van der Waals surface area (Å²) in [4.78, 5) is 0. The molecule has 1 atom stereocenters. The van der Waals surface area contributed by atoms with Crippen LogP contribution in [-0.4, -0.2) is 44.4 Å². The molecule has 2 nitrogen and oxygen atoms in total. The number of unbranched alkanes of at least 4 members (excludes halogenated alkanes) is 3. The van der Waals surface area contributed by atoms with Crippen LogP contribution in [0.4, 0.5) is 0 Å². The first kappa shape index (κ1) is 12.7. The summed E-state index contributed by atoms with van der Waals surface area (Å²) in [5.74, 6) is 0. The van der Waals surface area contributed by atoms with Crippen LogP contribution in [-0.2, 0) is 4.74 Å². The highest BCUT2D eigenvalue weighted by molar-refractivity contribution is 4.76. The maximum absolute atomic E-state index is 5.28. The molecule has 0 N–H and O–H groups in total. The summed E-state index contributed by atoms with van der Waals surface area (Å²) < 4.78 is 6.40.